The minimum absolute atomic E-state index is 0.0295. The van der Waals surface area contributed by atoms with E-state index in [-0.39, 0.29) is 16.6 Å². The second kappa shape index (κ2) is 5.33. The highest BCUT2D eigenvalue weighted by Crippen LogP contribution is 2.30. The maximum Gasteiger partial charge on any atom is 0.288 e. The molecule has 1 unspecified atom stereocenters. The number of nitro groups is 1. The van der Waals surface area contributed by atoms with Crippen molar-refractivity contribution in [2.45, 2.75) is 19.2 Å². The summed E-state index contributed by atoms with van der Waals surface area (Å²) in [5.41, 5.74) is 0.769. The Bertz CT molecular complexity index is 475. The Morgan fingerprint density at radius 2 is 2.12 bits per heavy atom. The summed E-state index contributed by atoms with van der Waals surface area (Å²) in [6.45, 7) is 3.16. The van der Waals surface area contributed by atoms with Crippen molar-refractivity contribution >= 4 is 40.5 Å². The van der Waals surface area contributed by atoms with Gasteiger partial charge in [-0.15, -0.1) is 11.6 Å². The van der Waals surface area contributed by atoms with E-state index >= 15 is 0 Å². The summed E-state index contributed by atoms with van der Waals surface area (Å²) in [5, 5.41) is 12.4. The van der Waals surface area contributed by atoms with Crippen molar-refractivity contribution in [3.05, 3.63) is 32.8 Å². The second-order valence-corrected chi connectivity index (χ2v) is 4.54. The Labute approximate surface area is 108 Å². The van der Waals surface area contributed by atoms with Gasteiger partial charge >= 0.3 is 0 Å². The van der Waals surface area contributed by atoms with E-state index in [4.69, 9.17) is 23.2 Å². The second-order valence-electron chi connectivity index (χ2n) is 3.48. The molecule has 0 aliphatic heterocycles. The van der Waals surface area contributed by atoms with E-state index in [9.17, 15) is 14.9 Å². The van der Waals surface area contributed by atoms with Crippen LogP contribution in [0.1, 0.15) is 12.5 Å². The number of rotatable bonds is 3. The summed E-state index contributed by atoms with van der Waals surface area (Å²) >= 11 is 11.3. The predicted molar refractivity (Wildman–Crippen MR) is 66.8 cm³/mol. The van der Waals surface area contributed by atoms with Gasteiger partial charge < -0.3 is 5.32 Å². The minimum Gasteiger partial charge on any atom is -0.325 e. The molecule has 7 heteroatoms. The van der Waals surface area contributed by atoms with Crippen molar-refractivity contribution < 1.29 is 9.72 Å². The molecule has 0 aromatic heterocycles. The van der Waals surface area contributed by atoms with E-state index < -0.39 is 10.3 Å². The van der Waals surface area contributed by atoms with Crippen molar-refractivity contribution in [1.82, 2.24) is 0 Å². The van der Waals surface area contributed by atoms with Crippen LogP contribution in [0.15, 0.2) is 12.1 Å². The zero-order valence-electron chi connectivity index (χ0n) is 9.16. The highest BCUT2D eigenvalue weighted by molar-refractivity contribution is 6.34. The first-order valence-electron chi connectivity index (χ1n) is 4.72. The Morgan fingerprint density at radius 3 is 2.59 bits per heavy atom. The Hall–Kier alpha value is -1.33. The lowest BCUT2D eigenvalue weighted by molar-refractivity contribution is -0.384. The lowest BCUT2D eigenvalue weighted by atomic mass is 10.1. The standard InChI is InChI=1S/C10H10Cl2N2O3/c1-5-3-9(14(16)17)7(12)4-8(5)13-10(15)6(2)11/h3-4,6H,1-2H3,(H,13,15). The fourth-order valence-electron chi connectivity index (χ4n) is 1.17. The molecule has 0 bridgehead atoms. The number of anilines is 1. The molecule has 0 heterocycles. The fraction of sp³-hybridized carbons (Fsp3) is 0.300. The third-order valence-electron chi connectivity index (χ3n) is 2.11. The van der Waals surface area contributed by atoms with E-state index in [1.165, 1.54) is 19.1 Å². The van der Waals surface area contributed by atoms with Gasteiger partial charge in [0, 0.05) is 11.8 Å². The van der Waals surface area contributed by atoms with Crippen molar-refractivity contribution in [1.29, 1.82) is 0 Å². The molecular weight excluding hydrogens is 267 g/mol. The van der Waals surface area contributed by atoms with Crippen molar-refractivity contribution in [3.63, 3.8) is 0 Å². The Balaban J connectivity index is 3.08. The van der Waals surface area contributed by atoms with Crippen molar-refractivity contribution in [2.24, 2.45) is 0 Å². The third kappa shape index (κ3) is 3.31. The summed E-state index contributed by atoms with van der Waals surface area (Å²) in [4.78, 5) is 21.4. The van der Waals surface area contributed by atoms with Gasteiger partial charge in [0.15, 0.2) is 0 Å². The van der Waals surface area contributed by atoms with E-state index in [1.54, 1.807) is 6.92 Å². The number of alkyl halides is 1. The first-order valence-corrected chi connectivity index (χ1v) is 5.54. The van der Waals surface area contributed by atoms with Crippen molar-refractivity contribution in [2.75, 3.05) is 5.32 Å². The van der Waals surface area contributed by atoms with E-state index in [2.05, 4.69) is 5.32 Å². The molecule has 0 spiro atoms. The fourth-order valence-corrected chi connectivity index (χ4v) is 1.46. The van der Waals surface area contributed by atoms with Gasteiger partial charge in [-0.2, -0.15) is 0 Å². The molecule has 1 aromatic rings. The van der Waals surface area contributed by atoms with Crippen LogP contribution < -0.4 is 5.32 Å². The van der Waals surface area contributed by atoms with Crippen LogP contribution in [0.2, 0.25) is 5.02 Å². The van der Waals surface area contributed by atoms with Gasteiger partial charge in [0.1, 0.15) is 10.4 Å². The number of nitrogens with zero attached hydrogens (tertiary/aromatic N) is 1. The first kappa shape index (κ1) is 13.7. The van der Waals surface area contributed by atoms with Crippen LogP contribution in [-0.4, -0.2) is 16.2 Å². The number of hydrogen-bond donors (Lipinski definition) is 1. The van der Waals surface area contributed by atoms with E-state index in [0.29, 0.717) is 11.3 Å². The largest absolute Gasteiger partial charge is 0.325 e. The molecule has 5 nitrogen and oxygen atoms in total. The van der Waals surface area contributed by atoms with E-state index in [1.807, 2.05) is 0 Å². The molecule has 0 fully saturated rings. The third-order valence-corrected chi connectivity index (χ3v) is 2.61. The van der Waals surface area contributed by atoms with Gasteiger partial charge in [-0.05, 0) is 25.5 Å². The molecule has 1 N–H and O–H groups in total. The molecule has 1 atom stereocenters. The minimum atomic E-state index is -0.691. The number of amides is 1. The number of nitrogens with one attached hydrogen (secondary N) is 1. The molecule has 0 aliphatic carbocycles. The quantitative estimate of drug-likeness (QED) is 0.524. The molecule has 1 amide bonds. The van der Waals surface area contributed by atoms with Gasteiger partial charge in [0.25, 0.3) is 5.69 Å². The van der Waals surface area contributed by atoms with Crippen LogP contribution in [0.3, 0.4) is 0 Å². The molecule has 0 radical (unpaired) electrons. The summed E-state index contributed by atoms with van der Waals surface area (Å²) in [7, 11) is 0. The van der Waals surface area contributed by atoms with Crippen molar-refractivity contribution in [3.8, 4) is 0 Å². The monoisotopic (exact) mass is 276 g/mol. The number of hydrogen-bond acceptors (Lipinski definition) is 3. The van der Waals surface area contributed by atoms with E-state index in [0.717, 1.165) is 0 Å². The summed E-state index contributed by atoms with van der Waals surface area (Å²) in [6.07, 6.45) is 0. The number of carbonyl (C=O) groups excluding carboxylic acids is 1. The average Bonchev–Trinajstić information content (AvgIpc) is 2.22. The number of benzene rings is 1. The predicted octanol–water partition coefficient (Wildman–Crippen LogP) is 3.12. The van der Waals surface area contributed by atoms with Crippen LogP contribution in [0.4, 0.5) is 11.4 Å². The van der Waals surface area contributed by atoms with Gasteiger partial charge in [0.2, 0.25) is 5.91 Å². The van der Waals surface area contributed by atoms with Gasteiger partial charge in [0.05, 0.1) is 4.92 Å². The van der Waals surface area contributed by atoms with Crippen LogP contribution in [0.5, 0.6) is 0 Å². The Kier molecular flexibility index (Phi) is 4.31. The molecule has 92 valence electrons. The molecular formula is C10H10Cl2N2O3. The molecule has 1 rings (SSSR count). The zero-order valence-corrected chi connectivity index (χ0v) is 10.7. The number of halogens is 2. The topological polar surface area (TPSA) is 72.2 Å². The van der Waals surface area contributed by atoms with Gasteiger partial charge in [-0.3, -0.25) is 14.9 Å². The van der Waals surface area contributed by atoms with Crippen LogP contribution in [0.25, 0.3) is 0 Å². The lowest BCUT2D eigenvalue weighted by Crippen LogP contribution is -2.20. The Morgan fingerprint density at radius 1 is 1.53 bits per heavy atom. The highest BCUT2D eigenvalue weighted by Gasteiger charge is 2.17. The smallest absolute Gasteiger partial charge is 0.288 e. The SMILES string of the molecule is Cc1cc([N+](=O)[O-])c(Cl)cc1NC(=O)C(C)Cl. The van der Waals surface area contributed by atoms with Crippen LogP contribution >= 0.6 is 23.2 Å². The normalized spacial score (nSPS) is 12.0. The molecule has 17 heavy (non-hydrogen) atoms. The van der Waals surface area contributed by atoms with Gasteiger partial charge in [-0.1, -0.05) is 11.6 Å². The first-order chi connectivity index (χ1) is 7.82. The lowest BCUT2D eigenvalue weighted by Gasteiger charge is -2.10. The molecule has 0 saturated carbocycles. The van der Waals surface area contributed by atoms with Crippen LogP contribution in [-0.2, 0) is 4.79 Å². The maximum absolute atomic E-state index is 11.4. The van der Waals surface area contributed by atoms with Gasteiger partial charge in [-0.25, -0.2) is 0 Å². The number of aryl methyl sites for hydroxylation is 1. The van der Waals surface area contributed by atoms with Crippen LogP contribution in [0, 0.1) is 17.0 Å². The number of carbonyl (C=O) groups is 1. The number of nitro benzene ring substituents is 1. The average molecular weight is 277 g/mol. The summed E-state index contributed by atoms with van der Waals surface area (Å²) in [6, 6.07) is 2.64. The zero-order chi connectivity index (χ0) is 13.2. The summed E-state index contributed by atoms with van der Waals surface area (Å²) < 4.78 is 0. The molecule has 0 saturated heterocycles. The molecule has 0 aliphatic rings. The molecule has 1 aromatic carbocycles. The summed E-state index contributed by atoms with van der Waals surface area (Å²) in [5.74, 6) is -0.389. The maximum atomic E-state index is 11.4. The highest BCUT2D eigenvalue weighted by atomic mass is 35.5.